The van der Waals surface area contributed by atoms with Crippen molar-refractivity contribution in [3.05, 3.63) is 75.3 Å². The molecule has 1 fully saturated rings. The zero-order chi connectivity index (χ0) is 22.1. The number of non-ortho nitro benzene ring substituents is 1. The summed E-state index contributed by atoms with van der Waals surface area (Å²) in [7, 11) is 1.29. The first-order chi connectivity index (χ1) is 14.4. The summed E-state index contributed by atoms with van der Waals surface area (Å²) in [5, 5.41) is 23.9. The number of aliphatic hydroxyl groups is 2. The minimum Gasteiger partial charge on any atom is -0.400 e. The molecule has 0 aliphatic carbocycles. The highest BCUT2D eigenvalue weighted by Gasteiger charge is 2.31. The largest absolute Gasteiger partial charge is 0.400 e. The number of nitro groups is 1. The Morgan fingerprint density at radius 3 is 2.29 bits per heavy atom. The van der Waals surface area contributed by atoms with Gasteiger partial charge < -0.3 is 15.1 Å². The molecule has 0 saturated carbocycles. The first-order valence-corrected chi connectivity index (χ1v) is 8.69. The van der Waals surface area contributed by atoms with Crippen molar-refractivity contribution in [3.8, 4) is 0 Å². The van der Waals surface area contributed by atoms with Gasteiger partial charge in [0.15, 0.2) is 0 Å². The number of hydrogen-bond donors (Lipinski definition) is 2. The van der Waals surface area contributed by atoms with E-state index in [0.29, 0.717) is 12.0 Å². The zero-order valence-corrected chi connectivity index (χ0v) is 15.5. The van der Waals surface area contributed by atoms with Crippen LogP contribution in [-0.2, 0) is 0 Å². The Bertz CT molecular complexity index is 872. The van der Waals surface area contributed by atoms with E-state index >= 15 is 0 Å². The van der Waals surface area contributed by atoms with E-state index in [4.69, 9.17) is 2.80 Å². The lowest BCUT2D eigenvalue weighted by Gasteiger charge is -2.21. The number of carbonyl (C=O) groups excluding carboxylic acids is 1. The fraction of sp³-hybridized carbons (Fsp3) is 0.286. The van der Waals surface area contributed by atoms with Crippen molar-refractivity contribution >= 4 is 23.7 Å². The molecule has 0 radical (unpaired) electrons. The maximum Gasteiger partial charge on any atom is 0.269 e. The van der Waals surface area contributed by atoms with Crippen molar-refractivity contribution in [2.24, 2.45) is 0 Å². The molecule has 1 aliphatic heterocycles. The maximum absolute atomic E-state index is 12.6. The summed E-state index contributed by atoms with van der Waals surface area (Å²) in [6.07, 6.45) is 3.59. The summed E-state index contributed by atoms with van der Waals surface area (Å²) >= 11 is 0. The molecule has 0 bridgehead atoms. The van der Waals surface area contributed by atoms with Crippen LogP contribution in [0.5, 0.6) is 0 Å². The average Bonchev–Trinajstić information content (AvgIpc) is 3.13. The number of rotatable bonds is 4. The summed E-state index contributed by atoms with van der Waals surface area (Å²) in [4.78, 5) is 24.4. The fourth-order valence-electron chi connectivity index (χ4n) is 2.94. The third-order valence-electron chi connectivity index (χ3n) is 4.38. The minimum atomic E-state index is -0.562. The van der Waals surface area contributed by atoms with Crippen molar-refractivity contribution in [1.29, 1.82) is 1.43 Å². The van der Waals surface area contributed by atoms with Crippen LogP contribution in [0.25, 0.3) is 12.2 Å². The number of nitrogens with zero attached hydrogens (tertiary/aromatic N) is 2. The quantitative estimate of drug-likeness (QED) is 0.477. The molecule has 148 valence electrons. The Morgan fingerprint density at radius 1 is 1.25 bits per heavy atom. The Labute approximate surface area is 166 Å². The molecule has 2 aromatic rings. The third kappa shape index (κ3) is 5.25. The Balaban J connectivity index is 0.00000101. The van der Waals surface area contributed by atoms with Gasteiger partial charge >= 0.3 is 0 Å². The second-order valence-corrected chi connectivity index (χ2v) is 6.30. The predicted molar refractivity (Wildman–Crippen MR) is 108 cm³/mol. The van der Waals surface area contributed by atoms with E-state index in [1.54, 1.807) is 29.2 Å². The monoisotopic (exact) mass is 387 g/mol. The van der Waals surface area contributed by atoms with E-state index in [-0.39, 0.29) is 31.1 Å². The van der Waals surface area contributed by atoms with Gasteiger partial charge in [0.05, 0.1) is 11.0 Å². The molecule has 0 aromatic heterocycles. The van der Waals surface area contributed by atoms with Gasteiger partial charge in [-0.15, -0.1) is 0 Å². The van der Waals surface area contributed by atoms with Crippen LogP contribution in [0.15, 0.2) is 48.5 Å². The van der Waals surface area contributed by atoms with Gasteiger partial charge in [0.25, 0.3) is 11.6 Å². The lowest BCUT2D eigenvalue weighted by atomic mass is 10.1. The first-order valence-electron chi connectivity index (χ1n) is 9.81. The van der Waals surface area contributed by atoms with E-state index < -0.39 is 11.0 Å². The van der Waals surface area contributed by atoms with Crippen molar-refractivity contribution in [2.75, 3.05) is 13.7 Å². The van der Waals surface area contributed by atoms with Crippen LogP contribution in [0.2, 0.25) is 0 Å². The number of amides is 1. The van der Waals surface area contributed by atoms with E-state index in [2.05, 4.69) is 5.11 Å². The Hall–Kier alpha value is -3.03. The van der Waals surface area contributed by atoms with Gasteiger partial charge in [0, 0.05) is 38.8 Å². The summed E-state index contributed by atoms with van der Waals surface area (Å²) in [5.74, 6) is -0.172. The molecule has 28 heavy (non-hydrogen) atoms. The van der Waals surface area contributed by atoms with Gasteiger partial charge in [-0.1, -0.05) is 24.3 Å². The number of likely N-dealkylation sites (tertiary alicyclic amines) is 1. The lowest BCUT2D eigenvalue weighted by Crippen LogP contribution is -2.34. The third-order valence-corrected chi connectivity index (χ3v) is 4.38. The standard InChI is InChI=1S/C20H20N2O4.CH4O/c1-14-12-19(23)13-21(14)20(24)17-8-4-15(5-9-17)2-3-16-6-10-18(11-7-16)22(25)26;1-2/h2-11,14,19,23H,12-13H2,1H3;2H,1H3/b3-2+;/t14-,19-;/m1./s1/i1D;2T. The number of β-amino-alcohol motifs (C(OH)–C–C–N with tert-alkyl or cyclic N) is 1. The van der Waals surface area contributed by atoms with Gasteiger partial charge in [-0.2, -0.15) is 0 Å². The van der Waals surface area contributed by atoms with Crippen LogP contribution in [-0.4, -0.2) is 53.2 Å². The van der Waals surface area contributed by atoms with Crippen LogP contribution in [0, 0.1) is 10.1 Å². The van der Waals surface area contributed by atoms with Crippen molar-refractivity contribution in [1.82, 2.24) is 4.90 Å². The van der Waals surface area contributed by atoms with Crippen LogP contribution >= 0.6 is 0 Å². The molecular weight excluding hydrogens is 360 g/mol. The molecule has 0 unspecified atom stereocenters. The summed E-state index contributed by atoms with van der Waals surface area (Å²) in [5.41, 5.74) is 2.30. The van der Waals surface area contributed by atoms with Gasteiger partial charge in [-0.05, 0) is 48.7 Å². The lowest BCUT2D eigenvalue weighted by molar-refractivity contribution is -0.384. The molecule has 1 heterocycles. The number of nitro benzene ring substituents is 1. The summed E-state index contributed by atoms with van der Waals surface area (Å²) in [6, 6.07) is 13.1. The molecule has 7 nitrogen and oxygen atoms in total. The van der Waals surface area contributed by atoms with Gasteiger partial charge in [-0.3, -0.25) is 14.9 Å². The van der Waals surface area contributed by atoms with Crippen LogP contribution in [0.3, 0.4) is 0 Å². The molecule has 0 spiro atoms. The van der Waals surface area contributed by atoms with Gasteiger partial charge in [-0.25, -0.2) is 0 Å². The number of aliphatic hydroxyl groups excluding tert-OH is 2. The number of benzene rings is 2. The average molecular weight is 387 g/mol. The van der Waals surface area contributed by atoms with E-state index in [1.165, 1.54) is 19.2 Å². The zero-order valence-electron chi connectivity index (χ0n) is 17.5. The molecular formula is C21H24N2O5. The predicted octanol–water partition coefficient (Wildman–Crippen LogP) is 2.97. The topological polar surface area (TPSA) is 104 Å². The number of carbonyl (C=O) groups is 1. The highest BCUT2D eigenvalue weighted by atomic mass is 16.6. The maximum atomic E-state index is 12.6. The second kappa shape index (κ2) is 9.77. The molecule has 2 atom stereocenters. The van der Waals surface area contributed by atoms with Crippen LogP contribution in [0.4, 0.5) is 5.69 Å². The minimum absolute atomic E-state index is 0.0491. The van der Waals surface area contributed by atoms with E-state index in [0.717, 1.165) is 11.1 Å². The fourth-order valence-corrected chi connectivity index (χ4v) is 2.94. The molecule has 3 rings (SSSR count). The number of hydrogen-bond acceptors (Lipinski definition) is 5. The highest BCUT2D eigenvalue weighted by molar-refractivity contribution is 5.95. The normalized spacial score (nSPS) is 19.6. The van der Waals surface area contributed by atoms with Crippen LogP contribution < -0.4 is 0 Å². The Morgan fingerprint density at radius 2 is 1.79 bits per heavy atom. The second-order valence-electron chi connectivity index (χ2n) is 6.30. The molecule has 1 amide bonds. The van der Waals surface area contributed by atoms with Crippen molar-refractivity contribution in [3.63, 3.8) is 0 Å². The molecule has 2 N–H and O–H groups in total. The van der Waals surface area contributed by atoms with Crippen molar-refractivity contribution in [2.45, 2.75) is 25.5 Å². The highest BCUT2D eigenvalue weighted by Crippen LogP contribution is 2.21. The summed E-state index contributed by atoms with van der Waals surface area (Å²) < 4.78 is 13.2. The van der Waals surface area contributed by atoms with Crippen molar-refractivity contribution < 1.29 is 21.3 Å². The molecule has 7 heteroatoms. The van der Waals surface area contributed by atoms with E-state index in [9.17, 15) is 20.0 Å². The first kappa shape index (κ1) is 18.3. The Kier molecular flexibility index (Phi) is 6.40. The van der Waals surface area contributed by atoms with Crippen LogP contribution in [0.1, 0.15) is 36.2 Å². The SMILES string of the molecule is [2H]C[C@@H]1C[C@@H](O)CN1C(=O)c1ccc(/C=C/c2ccc([N+](=O)[O-])cc2)cc1.[3H]OC. The van der Waals surface area contributed by atoms with E-state index in [1.807, 2.05) is 24.3 Å². The van der Waals surface area contributed by atoms with Gasteiger partial charge in [0.1, 0.15) is 0 Å². The molecule has 1 saturated heterocycles. The molecule has 2 aromatic carbocycles. The van der Waals surface area contributed by atoms with Gasteiger partial charge in [0.2, 0.25) is 1.43 Å². The molecule has 1 aliphatic rings. The summed E-state index contributed by atoms with van der Waals surface area (Å²) in [6.45, 7) is 0.350. The smallest absolute Gasteiger partial charge is 0.269 e.